The first-order valence-corrected chi connectivity index (χ1v) is 7.88. The van der Waals surface area contributed by atoms with Crippen LogP contribution in [0.1, 0.15) is 52.3 Å². The molecule has 0 radical (unpaired) electrons. The van der Waals surface area contributed by atoms with Gasteiger partial charge in [0.2, 0.25) is 0 Å². The Morgan fingerprint density at radius 2 is 1.89 bits per heavy atom. The van der Waals surface area contributed by atoms with Crippen LogP contribution in [0.5, 0.6) is 0 Å². The van der Waals surface area contributed by atoms with E-state index in [-0.39, 0.29) is 0 Å². The SMILES string of the molecule is CC.CC/C=C(/C)N(CC)c1cc(C)c(Br)c(C)n1. The Balaban J connectivity index is 0.00000154. The first-order chi connectivity index (χ1) is 9.01. The number of aromatic nitrogens is 1. The summed E-state index contributed by atoms with van der Waals surface area (Å²) in [5.74, 6) is 1.04. The van der Waals surface area contributed by atoms with E-state index in [1.54, 1.807) is 0 Å². The summed E-state index contributed by atoms with van der Waals surface area (Å²) in [5.41, 5.74) is 3.54. The highest BCUT2D eigenvalue weighted by Crippen LogP contribution is 2.25. The fourth-order valence-corrected chi connectivity index (χ4v) is 2.13. The van der Waals surface area contributed by atoms with Crippen molar-refractivity contribution < 1.29 is 0 Å². The first-order valence-electron chi connectivity index (χ1n) is 7.09. The molecule has 0 N–H and O–H groups in total. The smallest absolute Gasteiger partial charge is 0.133 e. The van der Waals surface area contributed by atoms with Gasteiger partial charge in [0, 0.05) is 16.7 Å². The van der Waals surface area contributed by atoms with Gasteiger partial charge >= 0.3 is 0 Å². The standard InChI is InChI=1S/C14H21BrN2.C2H6/c1-6-8-11(4)17(7-2)13-9-10(3)14(15)12(5)16-13;1-2/h8-9H,6-7H2,1-5H3;1-2H3/b11-8-;. The Kier molecular flexibility index (Phi) is 8.73. The second-order valence-electron chi connectivity index (χ2n) is 4.19. The molecule has 0 atom stereocenters. The third-order valence-electron chi connectivity index (χ3n) is 2.81. The topological polar surface area (TPSA) is 16.1 Å². The summed E-state index contributed by atoms with van der Waals surface area (Å²) in [6, 6.07) is 2.13. The zero-order valence-corrected chi connectivity index (χ0v) is 14.9. The maximum atomic E-state index is 4.65. The highest BCUT2D eigenvalue weighted by molar-refractivity contribution is 9.10. The fourth-order valence-electron chi connectivity index (χ4n) is 1.93. The lowest BCUT2D eigenvalue weighted by molar-refractivity contribution is 0.906. The number of halogens is 1. The number of nitrogens with zero attached hydrogens (tertiary/aromatic N) is 2. The summed E-state index contributed by atoms with van der Waals surface area (Å²) in [7, 11) is 0. The molecule has 3 heteroatoms. The lowest BCUT2D eigenvalue weighted by Gasteiger charge is -2.24. The molecule has 2 nitrogen and oxygen atoms in total. The fraction of sp³-hybridized carbons (Fsp3) is 0.562. The van der Waals surface area contributed by atoms with Crippen molar-refractivity contribution in [2.45, 2.75) is 54.9 Å². The molecule has 0 aliphatic carbocycles. The van der Waals surface area contributed by atoms with E-state index < -0.39 is 0 Å². The van der Waals surface area contributed by atoms with Crippen molar-refractivity contribution in [2.24, 2.45) is 0 Å². The van der Waals surface area contributed by atoms with Gasteiger partial charge in [0.1, 0.15) is 5.82 Å². The second-order valence-corrected chi connectivity index (χ2v) is 4.99. The molecule has 1 aromatic heterocycles. The number of anilines is 1. The highest BCUT2D eigenvalue weighted by atomic mass is 79.9. The summed E-state index contributed by atoms with van der Waals surface area (Å²) in [6.07, 6.45) is 3.29. The molecule has 1 heterocycles. The van der Waals surface area contributed by atoms with Crippen LogP contribution in [-0.2, 0) is 0 Å². The van der Waals surface area contributed by atoms with Crippen molar-refractivity contribution in [3.63, 3.8) is 0 Å². The maximum Gasteiger partial charge on any atom is 0.133 e. The molecule has 0 amide bonds. The van der Waals surface area contributed by atoms with Crippen LogP contribution in [0.15, 0.2) is 22.3 Å². The average molecular weight is 327 g/mol. The third-order valence-corrected chi connectivity index (χ3v) is 4.01. The van der Waals surface area contributed by atoms with Gasteiger partial charge in [-0.3, -0.25) is 0 Å². The van der Waals surface area contributed by atoms with Gasteiger partial charge in [0.15, 0.2) is 0 Å². The van der Waals surface area contributed by atoms with Crippen LogP contribution >= 0.6 is 15.9 Å². The second kappa shape index (κ2) is 9.13. The van der Waals surface area contributed by atoms with Crippen LogP contribution < -0.4 is 4.90 Å². The molecule has 0 aliphatic heterocycles. The summed E-state index contributed by atoms with van der Waals surface area (Å²) in [5, 5.41) is 0. The lowest BCUT2D eigenvalue weighted by Crippen LogP contribution is -2.22. The molecule has 19 heavy (non-hydrogen) atoms. The zero-order chi connectivity index (χ0) is 15.0. The molecular formula is C16H27BrN2. The minimum atomic E-state index is 0.940. The van der Waals surface area contributed by atoms with E-state index in [4.69, 9.17) is 0 Å². The summed E-state index contributed by atoms with van der Waals surface area (Å²) < 4.78 is 1.11. The van der Waals surface area contributed by atoms with Gasteiger partial charge in [-0.25, -0.2) is 4.98 Å². The molecule has 0 unspecified atom stereocenters. The number of hydrogen-bond donors (Lipinski definition) is 0. The van der Waals surface area contributed by atoms with E-state index in [1.807, 2.05) is 20.8 Å². The average Bonchev–Trinajstić information content (AvgIpc) is 2.39. The van der Waals surface area contributed by atoms with Crippen LogP contribution in [-0.4, -0.2) is 11.5 Å². The van der Waals surface area contributed by atoms with E-state index in [0.29, 0.717) is 0 Å². The number of rotatable bonds is 4. The van der Waals surface area contributed by atoms with E-state index in [9.17, 15) is 0 Å². The Hall–Kier alpha value is -0.830. The van der Waals surface area contributed by atoms with Crippen molar-refractivity contribution >= 4 is 21.7 Å². The van der Waals surface area contributed by atoms with E-state index >= 15 is 0 Å². The molecule has 0 bridgehead atoms. The van der Waals surface area contributed by atoms with E-state index in [2.05, 4.69) is 65.7 Å². The molecule has 1 aromatic rings. The third kappa shape index (κ3) is 4.98. The Bertz CT molecular complexity index is 402. The van der Waals surface area contributed by atoms with E-state index in [1.165, 1.54) is 11.3 Å². The molecular weight excluding hydrogens is 300 g/mol. The van der Waals surface area contributed by atoms with Gasteiger partial charge in [-0.15, -0.1) is 0 Å². The van der Waals surface area contributed by atoms with Gasteiger partial charge in [0.25, 0.3) is 0 Å². The molecule has 1 rings (SSSR count). The number of aryl methyl sites for hydroxylation is 2. The molecule has 0 spiro atoms. The van der Waals surface area contributed by atoms with E-state index in [0.717, 1.165) is 29.0 Å². The van der Waals surface area contributed by atoms with Gasteiger partial charge < -0.3 is 4.90 Å². The van der Waals surface area contributed by atoms with Gasteiger partial charge in [-0.1, -0.05) is 26.8 Å². The van der Waals surface area contributed by atoms with Gasteiger partial charge in [-0.2, -0.15) is 0 Å². The first kappa shape index (κ1) is 18.2. The van der Waals surface area contributed by atoms with Crippen LogP contribution in [0.4, 0.5) is 5.82 Å². The van der Waals surface area contributed by atoms with Gasteiger partial charge in [0.05, 0.1) is 5.69 Å². The maximum absolute atomic E-state index is 4.65. The molecule has 108 valence electrons. The normalized spacial score (nSPS) is 10.8. The molecule has 0 saturated carbocycles. The molecule has 0 aliphatic rings. The minimum Gasteiger partial charge on any atom is -0.331 e. The molecule has 0 saturated heterocycles. The minimum absolute atomic E-state index is 0.940. The van der Waals surface area contributed by atoms with Crippen molar-refractivity contribution in [3.8, 4) is 0 Å². The molecule has 0 aromatic carbocycles. The van der Waals surface area contributed by atoms with Gasteiger partial charge in [-0.05, 0) is 61.7 Å². The van der Waals surface area contributed by atoms with Crippen molar-refractivity contribution in [2.75, 3.05) is 11.4 Å². The molecule has 0 fully saturated rings. The predicted molar refractivity (Wildman–Crippen MR) is 89.8 cm³/mol. The lowest BCUT2D eigenvalue weighted by atomic mass is 10.2. The van der Waals surface area contributed by atoms with Crippen LogP contribution in [0, 0.1) is 13.8 Å². The quantitative estimate of drug-likeness (QED) is 0.713. The number of hydrogen-bond acceptors (Lipinski definition) is 2. The Labute approximate surface area is 127 Å². The summed E-state index contributed by atoms with van der Waals surface area (Å²) in [6.45, 7) is 15.5. The zero-order valence-electron chi connectivity index (χ0n) is 13.3. The van der Waals surface area contributed by atoms with Crippen molar-refractivity contribution in [1.82, 2.24) is 4.98 Å². The van der Waals surface area contributed by atoms with Crippen molar-refractivity contribution in [1.29, 1.82) is 0 Å². The highest BCUT2D eigenvalue weighted by Gasteiger charge is 2.10. The number of allylic oxidation sites excluding steroid dienone is 2. The Morgan fingerprint density at radius 1 is 1.32 bits per heavy atom. The Morgan fingerprint density at radius 3 is 2.32 bits per heavy atom. The van der Waals surface area contributed by atoms with Crippen LogP contribution in [0.2, 0.25) is 0 Å². The van der Waals surface area contributed by atoms with Crippen LogP contribution in [0.25, 0.3) is 0 Å². The monoisotopic (exact) mass is 326 g/mol. The number of pyridine rings is 1. The predicted octanol–water partition coefficient (Wildman–Crippen LogP) is 5.63. The van der Waals surface area contributed by atoms with Crippen molar-refractivity contribution in [3.05, 3.63) is 33.6 Å². The summed E-state index contributed by atoms with van der Waals surface area (Å²) in [4.78, 5) is 6.89. The van der Waals surface area contributed by atoms with Crippen LogP contribution in [0.3, 0.4) is 0 Å². The summed E-state index contributed by atoms with van der Waals surface area (Å²) >= 11 is 3.56. The largest absolute Gasteiger partial charge is 0.331 e.